The van der Waals surface area contributed by atoms with Crippen LogP contribution in [0.15, 0.2) is 0 Å². The Labute approximate surface area is 205 Å². The van der Waals surface area contributed by atoms with Gasteiger partial charge in [-0.05, 0) is 36.5 Å². The van der Waals surface area contributed by atoms with E-state index in [9.17, 15) is 30.1 Å². The predicted molar refractivity (Wildman–Crippen MR) is 133 cm³/mol. The van der Waals surface area contributed by atoms with Gasteiger partial charge >= 0.3 is 5.97 Å². The Kier molecular flexibility index (Phi) is 12.5. The highest BCUT2D eigenvalue weighted by Crippen LogP contribution is 2.38. The molecule has 2 saturated heterocycles. The Bertz CT molecular complexity index is 665. The van der Waals surface area contributed by atoms with Crippen molar-refractivity contribution in [3.8, 4) is 0 Å². The van der Waals surface area contributed by atoms with Crippen LogP contribution in [0, 0.1) is 43.9 Å². The minimum atomic E-state index is -0.774. The molecule has 2 rings (SSSR count). The number of rotatable bonds is 9. The van der Waals surface area contributed by atoms with Crippen molar-refractivity contribution in [3.05, 3.63) is 20.2 Å². The van der Waals surface area contributed by atoms with E-state index in [1.165, 1.54) is 6.92 Å². The smallest absolute Gasteiger partial charge is 0.303 e. The lowest BCUT2D eigenvalue weighted by molar-refractivity contribution is -0.532. The summed E-state index contributed by atoms with van der Waals surface area (Å²) in [5.74, 6) is 2.20. The van der Waals surface area contributed by atoms with E-state index in [-0.39, 0.29) is 26.3 Å². The highest BCUT2D eigenvalue weighted by molar-refractivity contribution is 8.00. The molecule has 0 aliphatic carbocycles. The van der Waals surface area contributed by atoms with Crippen LogP contribution >= 0.6 is 23.5 Å². The van der Waals surface area contributed by atoms with Crippen LogP contribution in [-0.4, -0.2) is 67.2 Å². The van der Waals surface area contributed by atoms with Crippen LogP contribution in [0.25, 0.3) is 0 Å². The monoisotopic (exact) mass is 508 g/mol. The SMILES string of the molecule is CC(=O)OC1CSC(C(C)CC(C)C)C1[N+](=O)[O-].CC(C)CC(C)C1SCC(O)C1[N+](=O)[O-]. The van der Waals surface area contributed by atoms with E-state index in [2.05, 4.69) is 27.7 Å². The molecule has 0 amide bonds. The quantitative estimate of drug-likeness (QED) is 0.277. The summed E-state index contributed by atoms with van der Waals surface area (Å²) in [4.78, 5) is 32.4. The zero-order valence-corrected chi connectivity index (χ0v) is 22.3. The number of nitrogens with zero attached hydrogens (tertiary/aromatic N) is 2. The molecular formula is C22H40N2O7S2. The fourth-order valence-electron chi connectivity index (χ4n) is 4.83. The van der Waals surface area contributed by atoms with Crippen LogP contribution in [-0.2, 0) is 9.53 Å². The summed E-state index contributed by atoms with van der Waals surface area (Å²) in [6, 6.07) is -1.55. The van der Waals surface area contributed by atoms with Gasteiger partial charge in [0.05, 0.1) is 10.5 Å². The number of hydrogen-bond acceptors (Lipinski definition) is 9. The van der Waals surface area contributed by atoms with Gasteiger partial charge in [0.2, 0.25) is 0 Å². The van der Waals surface area contributed by atoms with Crippen molar-refractivity contribution in [2.24, 2.45) is 23.7 Å². The van der Waals surface area contributed by atoms with E-state index in [1.54, 1.807) is 23.5 Å². The molecule has 11 heteroatoms. The first-order valence-electron chi connectivity index (χ1n) is 11.6. The lowest BCUT2D eigenvalue weighted by atomic mass is 9.91. The number of aliphatic hydroxyl groups is 1. The zero-order chi connectivity index (χ0) is 25.5. The van der Waals surface area contributed by atoms with Crippen LogP contribution in [0.4, 0.5) is 0 Å². The van der Waals surface area contributed by atoms with E-state index < -0.39 is 30.3 Å². The zero-order valence-electron chi connectivity index (χ0n) is 20.7. The van der Waals surface area contributed by atoms with E-state index in [4.69, 9.17) is 4.74 Å². The maximum absolute atomic E-state index is 11.2. The summed E-state index contributed by atoms with van der Waals surface area (Å²) < 4.78 is 5.07. The average Bonchev–Trinajstić information content (AvgIpc) is 3.24. The normalized spacial score (nSPS) is 31.1. The van der Waals surface area contributed by atoms with Crippen LogP contribution in [0.2, 0.25) is 0 Å². The fourth-order valence-corrected chi connectivity index (χ4v) is 7.95. The summed E-state index contributed by atoms with van der Waals surface area (Å²) in [5.41, 5.74) is 0. The standard InChI is InChI=1S/C12H21NO4S.C10H19NO3S/c1-7(2)5-8(3)12-11(13(15)16)10(6-18-12)17-9(4)14;1-6(2)4-7(3)10-9(11(13)14)8(12)5-15-10/h7-8,10-12H,5-6H2,1-4H3;6-10,12H,4-5H2,1-3H3. The van der Waals surface area contributed by atoms with E-state index in [1.807, 2.05) is 13.8 Å². The first-order chi connectivity index (χ1) is 15.3. The van der Waals surface area contributed by atoms with Gasteiger partial charge < -0.3 is 9.84 Å². The molecule has 0 aromatic carbocycles. The van der Waals surface area contributed by atoms with Crippen molar-refractivity contribution < 1.29 is 24.5 Å². The predicted octanol–water partition coefficient (Wildman–Crippen LogP) is 4.15. The van der Waals surface area contributed by atoms with Crippen molar-refractivity contribution in [1.29, 1.82) is 0 Å². The Hall–Kier alpha value is -1.07. The highest BCUT2D eigenvalue weighted by Gasteiger charge is 2.50. The summed E-state index contributed by atoms with van der Waals surface area (Å²) in [6.07, 6.45) is 0.579. The minimum absolute atomic E-state index is 0.0302. The number of carbonyl (C=O) groups is 1. The molecule has 8 unspecified atom stereocenters. The largest absolute Gasteiger partial charge is 0.454 e. The van der Waals surface area contributed by atoms with Gasteiger partial charge in [0.1, 0.15) is 6.10 Å². The molecule has 1 N–H and O–H groups in total. The molecule has 192 valence electrons. The lowest BCUT2D eigenvalue weighted by Gasteiger charge is -2.23. The maximum Gasteiger partial charge on any atom is 0.303 e. The van der Waals surface area contributed by atoms with Crippen LogP contribution < -0.4 is 0 Å². The maximum atomic E-state index is 11.2. The molecular weight excluding hydrogens is 468 g/mol. The fraction of sp³-hybridized carbons (Fsp3) is 0.955. The first kappa shape index (κ1) is 30.0. The number of esters is 1. The molecule has 2 heterocycles. The molecule has 0 aromatic rings. The molecule has 8 atom stereocenters. The molecule has 2 aliphatic rings. The summed E-state index contributed by atoms with van der Waals surface area (Å²) in [5, 5.41) is 31.5. The van der Waals surface area contributed by atoms with Gasteiger partial charge in [-0.1, -0.05) is 41.5 Å². The van der Waals surface area contributed by atoms with Crippen LogP contribution in [0.1, 0.15) is 61.3 Å². The van der Waals surface area contributed by atoms with Crippen molar-refractivity contribution in [2.75, 3.05) is 11.5 Å². The summed E-state index contributed by atoms with van der Waals surface area (Å²) in [7, 11) is 0. The van der Waals surface area contributed by atoms with Crippen molar-refractivity contribution >= 4 is 29.5 Å². The van der Waals surface area contributed by atoms with Gasteiger partial charge in [-0.3, -0.25) is 25.0 Å². The third-order valence-corrected chi connectivity index (χ3v) is 9.28. The molecule has 0 spiro atoms. The number of aliphatic hydroxyl groups excluding tert-OH is 1. The third kappa shape index (κ3) is 9.24. The Morgan fingerprint density at radius 1 is 0.909 bits per heavy atom. The van der Waals surface area contributed by atoms with Crippen molar-refractivity contribution in [2.45, 2.75) is 96.1 Å². The number of hydrogen-bond donors (Lipinski definition) is 1. The highest BCUT2D eigenvalue weighted by atomic mass is 32.2. The Balaban J connectivity index is 0.000000335. The van der Waals surface area contributed by atoms with Crippen LogP contribution in [0.3, 0.4) is 0 Å². The minimum Gasteiger partial charge on any atom is -0.454 e. The third-order valence-electron chi connectivity index (χ3n) is 5.97. The second kappa shape index (κ2) is 13.7. The number of nitro groups is 2. The number of carbonyl (C=O) groups excluding carboxylic acids is 1. The molecule has 2 fully saturated rings. The van der Waals surface area contributed by atoms with Crippen LogP contribution in [0.5, 0.6) is 0 Å². The molecule has 0 aromatic heterocycles. The molecule has 0 bridgehead atoms. The first-order valence-corrected chi connectivity index (χ1v) is 13.7. The molecule has 0 saturated carbocycles. The molecule has 0 radical (unpaired) electrons. The average molecular weight is 509 g/mol. The van der Waals surface area contributed by atoms with Gasteiger partial charge in [0.15, 0.2) is 6.10 Å². The van der Waals surface area contributed by atoms with Gasteiger partial charge in [0, 0.05) is 28.3 Å². The number of ether oxygens (including phenoxy) is 1. The molecule has 2 aliphatic heterocycles. The van der Waals surface area contributed by atoms with E-state index in [0.29, 0.717) is 29.3 Å². The lowest BCUT2D eigenvalue weighted by Crippen LogP contribution is -2.42. The summed E-state index contributed by atoms with van der Waals surface area (Å²) in [6.45, 7) is 13.9. The van der Waals surface area contributed by atoms with Crippen molar-refractivity contribution in [1.82, 2.24) is 0 Å². The van der Waals surface area contributed by atoms with Gasteiger partial charge in [-0.15, -0.1) is 23.5 Å². The van der Waals surface area contributed by atoms with Crippen molar-refractivity contribution in [3.63, 3.8) is 0 Å². The molecule has 33 heavy (non-hydrogen) atoms. The second-order valence-corrected chi connectivity index (χ2v) is 12.5. The van der Waals surface area contributed by atoms with E-state index >= 15 is 0 Å². The van der Waals surface area contributed by atoms with Gasteiger partial charge in [-0.2, -0.15) is 0 Å². The second-order valence-electron chi connectivity index (χ2n) is 10.1. The van der Waals surface area contributed by atoms with Gasteiger partial charge in [0.25, 0.3) is 12.1 Å². The Morgan fingerprint density at radius 3 is 1.73 bits per heavy atom. The number of thioether (sulfide) groups is 2. The topological polar surface area (TPSA) is 133 Å². The van der Waals surface area contributed by atoms with E-state index in [0.717, 1.165) is 12.8 Å². The van der Waals surface area contributed by atoms with Gasteiger partial charge in [-0.25, -0.2) is 0 Å². The molecule has 9 nitrogen and oxygen atoms in total. The Morgan fingerprint density at radius 2 is 1.33 bits per heavy atom. The summed E-state index contributed by atoms with van der Waals surface area (Å²) >= 11 is 3.11.